The highest BCUT2D eigenvalue weighted by Gasteiger charge is 2.12. The van der Waals surface area contributed by atoms with Crippen molar-refractivity contribution in [3.8, 4) is 0 Å². The van der Waals surface area contributed by atoms with E-state index in [4.69, 9.17) is 5.73 Å². The van der Waals surface area contributed by atoms with Gasteiger partial charge in [-0.2, -0.15) is 0 Å². The Bertz CT molecular complexity index is 600. The van der Waals surface area contributed by atoms with Crippen molar-refractivity contribution >= 4 is 17.4 Å². The lowest BCUT2D eigenvalue weighted by molar-refractivity contribution is 0.102. The number of aromatic nitrogens is 2. The first-order valence-electron chi connectivity index (χ1n) is 5.21. The number of carbonyl (C=O) groups is 1. The second-order valence-electron chi connectivity index (χ2n) is 3.73. The number of amides is 1. The smallest absolute Gasteiger partial charge is 0.259 e. The van der Waals surface area contributed by atoms with Crippen molar-refractivity contribution in [3.05, 3.63) is 47.7 Å². The molecule has 1 amide bonds. The molecule has 2 aromatic rings. The molecule has 5 nitrogen and oxygen atoms in total. The van der Waals surface area contributed by atoms with E-state index in [1.807, 2.05) is 0 Å². The van der Waals surface area contributed by atoms with Gasteiger partial charge in [-0.3, -0.25) is 9.78 Å². The standard InChI is InChI=1S/C12H11FN4O/c1-7-4-9(2-3-15-7)17-12(18)10-5-8(13)6-16-11(10)14/h2-6H,1H3,(H2,14,16)(H,15,17,18). The van der Waals surface area contributed by atoms with Gasteiger partial charge in [-0.15, -0.1) is 0 Å². The second-order valence-corrected chi connectivity index (χ2v) is 3.73. The quantitative estimate of drug-likeness (QED) is 0.846. The molecule has 0 fully saturated rings. The van der Waals surface area contributed by atoms with Crippen molar-refractivity contribution in [1.82, 2.24) is 9.97 Å². The van der Waals surface area contributed by atoms with Crippen LogP contribution in [0.25, 0.3) is 0 Å². The van der Waals surface area contributed by atoms with Crippen LogP contribution in [-0.2, 0) is 0 Å². The van der Waals surface area contributed by atoms with Gasteiger partial charge in [0.25, 0.3) is 5.91 Å². The Labute approximate surface area is 103 Å². The zero-order valence-corrected chi connectivity index (χ0v) is 9.64. The molecule has 2 heterocycles. The summed E-state index contributed by atoms with van der Waals surface area (Å²) >= 11 is 0. The van der Waals surface area contributed by atoms with Gasteiger partial charge in [0.2, 0.25) is 0 Å². The highest BCUT2D eigenvalue weighted by molar-refractivity contribution is 6.07. The largest absolute Gasteiger partial charge is 0.383 e. The van der Waals surface area contributed by atoms with E-state index in [0.717, 1.165) is 18.0 Å². The number of nitrogens with zero attached hydrogens (tertiary/aromatic N) is 2. The molecule has 18 heavy (non-hydrogen) atoms. The lowest BCUT2D eigenvalue weighted by atomic mass is 10.2. The summed E-state index contributed by atoms with van der Waals surface area (Å²) in [5.74, 6) is -1.13. The third kappa shape index (κ3) is 2.60. The summed E-state index contributed by atoms with van der Waals surface area (Å²) in [6.45, 7) is 1.80. The van der Waals surface area contributed by atoms with Crippen molar-refractivity contribution in [2.45, 2.75) is 6.92 Å². The van der Waals surface area contributed by atoms with Gasteiger partial charge in [-0.1, -0.05) is 0 Å². The van der Waals surface area contributed by atoms with E-state index in [2.05, 4.69) is 15.3 Å². The van der Waals surface area contributed by atoms with E-state index in [1.165, 1.54) is 0 Å². The first-order chi connectivity index (χ1) is 8.56. The molecule has 0 aliphatic heterocycles. The van der Waals surface area contributed by atoms with Crippen molar-refractivity contribution in [3.63, 3.8) is 0 Å². The molecule has 0 aromatic carbocycles. The summed E-state index contributed by atoms with van der Waals surface area (Å²) in [4.78, 5) is 19.5. The summed E-state index contributed by atoms with van der Waals surface area (Å²) in [6.07, 6.45) is 2.53. The lowest BCUT2D eigenvalue weighted by Crippen LogP contribution is -2.15. The van der Waals surface area contributed by atoms with Crippen LogP contribution in [0.1, 0.15) is 16.1 Å². The Kier molecular flexibility index (Phi) is 3.18. The first-order valence-corrected chi connectivity index (χ1v) is 5.21. The van der Waals surface area contributed by atoms with E-state index < -0.39 is 11.7 Å². The van der Waals surface area contributed by atoms with Crippen LogP contribution in [0, 0.1) is 12.7 Å². The lowest BCUT2D eigenvalue weighted by Gasteiger charge is -2.07. The zero-order chi connectivity index (χ0) is 13.1. The number of pyridine rings is 2. The van der Waals surface area contributed by atoms with Crippen LogP contribution in [0.2, 0.25) is 0 Å². The maximum atomic E-state index is 13.0. The van der Waals surface area contributed by atoms with Crippen molar-refractivity contribution in [2.75, 3.05) is 11.1 Å². The zero-order valence-electron chi connectivity index (χ0n) is 9.64. The number of nitrogen functional groups attached to an aromatic ring is 1. The van der Waals surface area contributed by atoms with Crippen molar-refractivity contribution in [1.29, 1.82) is 0 Å². The van der Waals surface area contributed by atoms with Crippen LogP contribution >= 0.6 is 0 Å². The number of hydrogen-bond donors (Lipinski definition) is 2. The van der Waals surface area contributed by atoms with Gasteiger partial charge < -0.3 is 11.1 Å². The molecule has 0 unspecified atom stereocenters. The molecule has 0 atom stereocenters. The fourth-order valence-electron chi connectivity index (χ4n) is 1.45. The Morgan fingerprint density at radius 3 is 2.89 bits per heavy atom. The first kappa shape index (κ1) is 12.0. The van der Waals surface area contributed by atoms with E-state index in [1.54, 1.807) is 25.3 Å². The van der Waals surface area contributed by atoms with Gasteiger partial charge in [-0.05, 0) is 25.1 Å². The molecule has 0 aliphatic rings. The minimum absolute atomic E-state index is 0.00413. The van der Waals surface area contributed by atoms with Gasteiger partial charge in [0.05, 0.1) is 11.8 Å². The Hall–Kier alpha value is -2.50. The predicted molar refractivity (Wildman–Crippen MR) is 65.5 cm³/mol. The molecule has 0 saturated heterocycles. The Morgan fingerprint density at radius 2 is 2.17 bits per heavy atom. The average Bonchev–Trinajstić information content (AvgIpc) is 2.32. The molecular weight excluding hydrogens is 235 g/mol. The van der Waals surface area contributed by atoms with Crippen LogP contribution in [0.4, 0.5) is 15.9 Å². The van der Waals surface area contributed by atoms with E-state index in [-0.39, 0.29) is 11.4 Å². The fourth-order valence-corrected chi connectivity index (χ4v) is 1.45. The normalized spacial score (nSPS) is 10.1. The number of halogens is 1. The number of aryl methyl sites for hydroxylation is 1. The maximum Gasteiger partial charge on any atom is 0.259 e. The Balaban J connectivity index is 2.24. The highest BCUT2D eigenvalue weighted by Crippen LogP contribution is 2.14. The topological polar surface area (TPSA) is 80.9 Å². The van der Waals surface area contributed by atoms with Crippen LogP contribution in [-0.4, -0.2) is 15.9 Å². The molecule has 0 aliphatic carbocycles. The molecule has 0 spiro atoms. The average molecular weight is 246 g/mol. The monoisotopic (exact) mass is 246 g/mol. The molecule has 6 heteroatoms. The summed E-state index contributed by atoms with van der Waals surface area (Å²) in [6, 6.07) is 4.38. The molecule has 0 radical (unpaired) electrons. The molecule has 2 rings (SSSR count). The summed E-state index contributed by atoms with van der Waals surface area (Å²) in [7, 11) is 0. The van der Waals surface area contributed by atoms with Crippen LogP contribution in [0.3, 0.4) is 0 Å². The number of nitrogens with two attached hydrogens (primary N) is 1. The van der Waals surface area contributed by atoms with Crippen LogP contribution in [0.5, 0.6) is 0 Å². The number of rotatable bonds is 2. The van der Waals surface area contributed by atoms with Crippen LogP contribution < -0.4 is 11.1 Å². The predicted octanol–water partition coefficient (Wildman–Crippen LogP) is 1.76. The highest BCUT2D eigenvalue weighted by atomic mass is 19.1. The SMILES string of the molecule is Cc1cc(NC(=O)c2cc(F)cnc2N)ccn1. The summed E-state index contributed by atoms with van der Waals surface area (Å²) < 4.78 is 13.0. The number of carbonyl (C=O) groups excluding carboxylic acids is 1. The molecule has 92 valence electrons. The summed E-state index contributed by atoms with van der Waals surface area (Å²) in [5.41, 5.74) is 6.86. The van der Waals surface area contributed by atoms with Gasteiger partial charge in [-0.25, -0.2) is 9.37 Å². The number of hydrogen-bond acceptors (Lipinski definition) is 4. The van der Waals surface area contributed by atoms with Crippen LogP contribution in [0.15, 0.2) is 30.6 Å². The number of anilines is 2. The summed E-state index contributed by atoms with van der Waals surface area (Å²) in [5, 5.41) is 2.60. The van der Waals surface area contributed by atoms with Gasteiger partial charge >= 0.3 is 0 Å². The van der Waals surface area contributed by atoms with E-state index in [9.17, 15) is 9.18 Å². The third-order valence-corrected chi connectivity index (χ3v) is 2.28. The van der Waals surface area contributed by atoms with E-state index >= 15 is 0 Å². The molecule has 0 bridgehead atoms. The fraction of sp³-hybridized carbons (Fsp3) is 0.0833. The van der Waals surface area contributed by atoms with E-state index in [0.29, 0.717) is 5.69 Å². The minimum atomic E-state index is -0.611. The van der Waals surface area contributed by atoms with Crippen molar-refractivity contribution in [2.24, 2.45) is 0 Å². The van der Waals surface area contributed by atoms with Gasteiger partial charge in [0.1, 0.15) is 11.6 Å². The van der Waals surface area contributed by atoms with Gasteiger partial charge in [0.15, 0.2) is 0 Å². The molecular formula is C12H11FN4O. The molecule has 2 aromatic heterocycles. The Morgan fingerprint density at radius 1 is 1.39 bits per heavy atom. The van der Waals surface area contributed by atoms with Crippen molar-refractivity contribution < 1.29 is 9.18 Å². The maximum absolute atomic E-state index is 13.0. The molecule has 0 saturated carbocycles. The second kappa shape index (κ2) is 4.79. The molecule has 3 N–H and O–H groups in total. The third-order valence-electron chi connectivity index (χ3n) is 2.28. The van der Waals surface area contributed by atoms with Gasteiger partial charge in [0, 0.05) is 17.6 Å². The number of nitrogens with one attached hydrogen (secondary N) is 1. The minimum Gasteiger partial charge on any atom is -0.383 e.